The van der Waals surface area contributed by atoms with Crippen molar-refractivity contribution in [1.82, 2.24) is 5.32 Å². The van der Waals surface area contributed by atoms with Gasteiger partial charge in [-0.1, -0.05) is 6.07 Å². The maximum Gasteiger partial charge on any atom is 0.182 e. The van der Waals surface area contributed by atoms with Crippen molar-refractivity contribution in [3.63, 3.8) is 0 Å². The lowest BCUT2D eigenvalue weighted by Crippen LogP contribution is -2.46. The Morgan fingerprint density at radius 2 is 2.05 bits per heavy atom. The number of rotatable bonds is 4. The third-order valence-corrected chi connectivity index (χ3v) is 4.09. The summed E-state index contributed by atoms with van der Waals surface area (Å²) >= 11 is 0. The van der Waals surface area contributed by atoms with Gasteiger partial charge in [0.05, 0.1) is 5.69 Å². The van der Waals surface area contributed by atoms with Gasteiger partial charge in [0.2, 0.25) is 0 Å². The molecule has 2 fully saturated rings. The van der Waals surface area contributed by atoms with E-state index in [4.69, 9.17) is 0 Å². The zero-order valence-electron chi connectivity index (χ0n) is 11.0. The second kappa shape index (κ2) is 5.45. The number of benzene rings is 1. The van der Waals surface area contributed by atoms with Crippen molar-refractivity contribution >= 4 is 5.69 Å². The second-order valence-corrected chi connectivity index (χ2v) is 5.71. The van der Waals surface area contributed by atoms with Crippen molar-refractivity contribution in [3.05, 3.63) is 29.8 Å². The quantitative estimate of drug-likeness (QED) is 0.901. The van der Waals surface area contributed by atoms with Crippen LogP contribution in [0.3, 0.4) is 0 Å². The summed E-state index contributed by atoms with van der Waals surface area (Å²) < 4.78 is 27.1. The fourth-order valence-corrected chi connectivity index (χ4v) is 2.75. The molecule has 0 bridgehead atoms. The predicted octanol–water partition coefficient (Wildman–Crippen LogP) is 2.93. The molecular weight excluding hydrogens is 246 g/mol. The van der Waals surface area contributed by atoms with Crippen molar-refractivity contribution < 1.29 is 8.78 Å². The van der Waals surface area contributed by atoms with E-state index in [9.17, 15) is 8.78 Å². The molecule has 1 atom stereocenters. The molecule has 1 saturated heterocycles. The van der Waals surface area contributed by atoms with Crippen LogP contribution >= 0.6 is 0 Å². The average Bonchev–Trinajstić information content (AvgIpc) is 3.24. The number of anilines is 1. The third-order valence-electron chi connectivity index (χ3n) is 4.09. The van der Waals surface area contributed by atoms with Gasteiger partial charge in [-0.25, -0.2) is 8.78 Å². The number of nitrogens with one attached hydrogen (secondary N) is 1. The van der Waals surface area contributed by atoms with Gasteiger partial charge in [0.1, 0.15) is 0 Å². The van der Waals surface area contributed by atoms with Crippen LogP contribution in [0.15, 0.2) is 18.2 Å². The van der Waals surface area contributed by atoms with Crippen LogP contribution in [-0.4, -0.2) is 25.7 Å². The first-order valence-corrected chi connectivity index (χ1v) is 7.16. The van der Waals surface area contributed by atoms with Crippen molar-refractivity contribution in [2.75, 3.05) is 24.5 Å². The van der Waals surface area contributed by atoms with E-state index in [2.05, 4.69) is 5.32 Å². The van der Waals surface area contributed by atoms with E-state index in [1.165, 1.54) is 18.9 Å². The minimum absolute atomic E-state index is 0.400. The predicted molar refractivity (Wildman–Crippen MR) is 72.3 cm³/mol. The first kappa shape index (κ1) is 12.9. The van der Waals surface area contributed by atoms with E-state index < -0.39 is 11.6 Å². The molecule has 2 nitrogen and oxygen atoms in total. The lowest BCUT2D eigenvalue weighted by molar-refractivity contribution is 0.411. The molecule has 0 spiro atoms. The maximum absolute atomic E-state index is 13.8. The highest BCUT2D eigenvalue weighted by molar-refractivity contribution is 5.48. The Hall–Kier alpha value is -1.16. The van der Waals surface area contributed by atoms with Crippen LogP contribution < -0.4 is 10.2 Å². The van der Waals surface area contributed by atoms with Crippen LogP contribution in [-0.2, 0) is 0 Å². The molecule has 1 heterocycles. The van der Waals surface area contributed by atoms with E-state index >= 15 is 0 Å². The van der Waals surface area contributed by atoms with Crippen molar-refractivity contribution in [2.24, 2.45) is 5.92 Å². The minimum Gasteiger partial charge on any atom is -0.368 e. The van der Waals surface area contributed by atoms with Gasteiger partial charge in [0, 0.05) is 19.1 Å². The van der Waals surface area contributed by atoms with Gasteiger partial charge in [-0.3, -0.25) is 0 Å². The van der Waals surface area contributed by atoms with Crippen LogP contribution in [0.5, 0.6) is 0 Å². The van der Waals surface area contributed by atoms with E-state index in [0.29, 0.717) is 11.7 Å². The summed E-state index contributed by atoms with van der Waals surface area (Å²) in [5, 5.41) is 3.56. The van der Waals surface area contributed by atoms with Gasteiger partial charge in [-0.05, 0) is 50.3 Å². The monoisotopic (exact) mass is 266 g/mol. The SMILES string of the molecule is Fc1cccc(N2CCCC(NCC3CC3)C2)c1F. The zero-order valence-corrected chi connectivity index (χ0v) is 11.0. The van der Waals surface area contributed by atoms with Crippen LogP contribution in [0.2, 0.25) is 0 Å². The highest BCUT2D eigenvalue weighted by atomic mass is 19.2. The van der Waals surface area contributed by atoms with Crippen LogP contribution in [0.4, 0.5) is 14.5 Å². The van der Waals surface area contributed by atoms with E-state index in [1.807, 2.05) is 4.90 Å². The summed E-state index contributed by atoms with van der Waals surface area (Å²) in [6.45, 7) is 2.65. The lowest BCUT2D eigenvalue weighted by Gasteiger charge is -2.35. The molecule has 3 rings (SSSR count). The molecule has 2 aliphatic rings. The molecule has 4 heteroatoms. The zero-order chi connectivity index (χ0) is 13.2. The lowest BCUT2D eigenvalue weighted by atomic mass is 10.0. The summed E-state index contributed by atoms with van der Waals surface area (Å²) in [5.74, 6) is -0.628. The van der Waals surface area contributed by atoms with Crippen molar-refractivity contribution in [1.29, 1.82) is 0 Å². The molecule has 19 heavy (non-hydrogen) atoms. The molecule has 0 amide bonds. The molecule has 1 N–H and O–H groups in total. The topological polar surface area (TPSA) is 15.3 Å². The molecule has 1 aliphatic carbocycles. The molecule has 1 aromatic rings. The summed E-state index contributed by atoms with van der Waals surface area (Å²) in [4.78, 5) is 1.96. The molecule has 0 radical (unpaired) electrons. The highest BCUT2D eigenvalue weighted by Crippen LogP contribution is 2.29. The largest absolute Gasteiger partial charge is 0.368 e. The normalized spacial score (nSPS) is 23.7. The fourth-order valence-electron chi connectivity index (χ4n) is 2.75. The Balaban J connectivity index is 1.64. The van der Waals surface area contributed by atoms with E-state index in [1.54, 1.807) is 12.1 Å². The first-order chi connectivity index (χ1) is 9.24. The molecule has 0 aromatic heterocycles. The van der Waals surface area contributed by atoms with Gasteiger partial charge in [0.25, 0.3) is 0 Å². The van der Waals surface area contributed by atoms with Gasteiger partial charge >= 0.3 is 0 Å². The summed E-state index contributed by atoms with van der Waals surface area (Å²) in [7, 11) is 0. The number of halogens is 2. The molecule has 1 aliphatic heterocycles. The minimum atomic E-state index is -0.759. The molecule has 1 saturated carbocycles. The van der Waals surface area contributed by atoms with Crippen LogP contribution in [0, 0.1) is 17.6 Å². The Morgan fingerprint density at radius 1 is 1.21 bits per heavy atom. The van der Waals surface area contributed by atoms with E-state index in [0.717, 1.165) is 38.4 Å². The Morgan fingerprint density at radius 3 is 2.84 bits per heavy atom. The number of hydrogen-bond acceptors (Lipinski definition) is 2. The van der Waals surface area contributed by atoms with Crippen molar-refractivity contribution in [2.45, 2.75) is 31.7 Å². The molecule has 1 unspecified atom stereocenters. The third kappa shape index (κ3) is 3.06. The van der Waals surface area contributed by atoms with E-state index in [-0.39, 0.29) is 0 Å². The number of hydrogen-bond donors (Lipinski definition) is 1. The maximum atomic E-state index is 13.8. The summed E-state index contributed by atoms with van der Waals surface area (Å²) in [6, 6.07) is 4.82. The Labute approximate surface area is 112 Å². The number of nitrogens with zero attached hydrogens (tertiary/aromatic N) is 1. The Kier molecular flexibility index (Phi) is 3.69. The van der Waals surface area contributed by atoms with Gasteiger partial charge < -0.3 is 10.2 Å². The van der Waals surface area contributed by atoms with Gasteiger partial charge in [-0.2, -0.15) is 0 Å². The average molecular weight is 266 g/mol. The molecule has 1 aromatic carbocycles. The smallest absolute Gasteiger partial charge is 0.182 e. The molecule has 104 valence electrons. The van der Waals surface area contributed by atoms with Crippen molar-refractivity contribution in [3.8, 4) is 0 Å². The molecular formula is C15H20F2N2. The summed E-state index contributed by atoms with van der Waals surface area (Å²) in [5.41, 5.74) is 0.401. The number of piperidine rings is 1. The summed E-state index contributed by atoms with van der Waals surface area (Å²) in [6.07, 6.45) is 4.82. The van der Waals surface area contributed by atoms with Crippen LogP contribution in [0.25, 0.3) is 0 Å². The van der Waals surface area contributed by atoms with Crippen LogP contribution in [0.1, 0.15) is 25.7 Å². The fraction of sp³-hybridized carbons (Fsp3) is 0.600. The first-order valence-electron chi connectivity index (χ1n) is 7.16. The van der Waals surface area contributed by atoms with Gasteiger partial charge in [0.15, 0.2) is 11.6 Å². The standard InChI is InChI=1S/C15H20F2N2/c16-13-4-1-5-14(15(13)17)19-8-2-3-12(10-19)18-9-11-6-7-11/h1,4-5,11-12,18H,2-3,6-10H2. The Bertz CT molecular complexity index is 446. The van der Waals surface area contributed by atoms with Gasteiger partial charge in [-0.15, -0.1) is 0 Å². The second-order valence-electron chi connectivity index (χ2n) is 5.71. The highest BCUT2D eigenvalue weighted by Gasteiger charge is 2.26.